The van der Waals surface area contributed by atoms with E-state index in [1.807, 2.05) is 0 Å². The molecule has 0 unspecified atom stereocenters. The van der Waals surface area contributed by atoms with Gasteiger partial charge in [0.25, 0.3) is 0 Å². The molecule has 1 aromatic heterocycles. The van der Waals surface area contributed by atoms with E-state index in [-0.39, 0.29) is 11.7 Å². The number of hydrogen-bond donors (Lipinski definition) is 3. The molecule has 0 radical (unpaired) electrons. The highest BCUT2D eigenvalue weighted by Crippen LogP contribution is 2.22. The fourth-order valence-corrected chi connectivity index (χ4v) is 1.86. The van der Waals surface area contributed by atoms with Crippen LogP contribution in [0.15, 0.2) is 30.3 Å². The van der Waals surface area contributed by atoms with Gasteiger partial charge >= 0.3 is 12.1 Å². The van der Waals surface area contributed by atoms with Crippen molar-refractivity contribution in [1.29, 1.82) is 0 Å². The lowest BCUT2D eigenvalue weighted by Gasteiger charge is -2.13. The maximum atomic E-state index is 12.8. The van der Waals surface area contributed by atoms with Gasteiger partial charge in [-0.05, 0) is 31.2 Å². The molecule has 0 aliphatic rings. The first-order chi connectivity index (χ1) is 11.7. The number of anilines is 3. The minimum Gasteiger partial charge on any atom is -0.433 e. The second kappa shape index (κ2) is 7.71. The first-order valence-electron chi connectivity index (χ1n) is 7.15. The quantitative estimate of drug-likeness (QED) is 0.689. The van der Waals surface area contributed by atoms with Crippen molar-refractivity contribution in [3.8, 4) is 5.75 Å². The summed E-state index contributed by atoms with van der Waals surface area (Å²) >= 11 is 0. The third-order valence-corrected chi connectivity index (χ3v) is 2.70. The van der Waals surface area contributed by atoms with E-state index in [0.717, 1.165) is 0 Å². The minimum atomic E-state index is -3.28. The molecule has 1 heterocycles. The average Bonchev–Trinajstić information content (AvgIpc) is 2.47. The van der Waals surface area contributed by atoms with Crippen molar-refractivity contribution in [3.63, 3.8) is 0 Å². The van der Waals surface area contributed by atoms with E-state index in [4.69, 9.17) is 4.84 Å². The second-order valence-electron chi connectivity index (χ2n) is 5.04. The van der Waals surface area contributed by atoms with Gasteiger partial charge in [-0.25, -0.2) is 15.3 Å². The Labute approximate surface area is 142 Å². The Morgan fingerprint density at radius 1 is 1.16 bits per heavy atom. The number of carbonyl (C=O) groups excluding carboxylic acids is 1. The molecule has 3 N–H and O–H groups in total. The van der Waals surface area contributed by atoms with Crippen LogP contribution in [0.25, 0.3) is 0 Å². The predicted molar refractivity (Wildman–Crippen MR) is 87.7 cm³/mol. The third kappa shape index (κ3) is 6.18. The van der Waals surface area contributed by atoms with E-state index in [2.05, 4.69) is 30.8 Å². The molecular formula is C15H17F2N5O3. The highest BCUT2D eigenvalue weighted by molar-refractivity contribution is 5.98. The van der Waals surface area contributed by atoms with Crippen molar-refractivity contribution in [3.05, 3.63) is 36.0 Å². The van der Waals surface area contributed by atoms with Gasteiger partial charge in [0.05, 0.1) is 7.11 Å². The van der Waals surface area contributed by atoms with Crippen LogP contribution in [0.2, 0.25) is 0 Å². The van der Waals surface area contributed by atoms with Gasteiger partial charge in [0.15, 0.2) is 5.82 Å². The molecule has 2 amide bonds. The van der Waals surface area contributed by atoms with Crippen LogP contribution in [0.5, 0.6) is 5.75 Å². The number of alkyl halides is 2. The van der Waals surface area contributed by atoms with E-state index in [9.17, 15) is 13.6 Å². The van der Waals surface area contributed by atoms with E-state index in [1.165, 1.54) is 31.4 Å². The Bertz CT molecular complexity index is 735. The molecule has 1 aromatic carbocycles. The van der Waals surface area contributed by atoms with Crippen molar-refractivity contribution < 1.29 is 23.1 Å². The topological polar surface area (TPSA) is 97.4 Å². The summed E-state index contributed by atoms with van der Waals surface area (Å²) in [6.45, 7) is 2.37. The first-order valence-corrected chi connectivity index (χ1v) is 7.15. The molecule has 0 spiro atoms. The van der Waals surface area contributed by atoms with Crippen LogP contribution in [0.4, 0.5) is 31.0 Å². The fourth-order valence-electron chi connectivity index (χ4n) is 1.86. The number of amides is 2. The van der Waals surface area contributed by atoms with Gasteiger partial charge in [0.2, 0.25) is 5.95 Å². The van der Waals surface area contributed by atoms with Crippen LogP contribution in [-0.2, 0) is 4.84 Å². The Kier molecular flexibility index (Phi) is 5.65. The number of urea groups is 1. The summed E-state index contributed by atoms with van der Waals surface area (Å²) in [6.07, 6.45) is -3.28. The van der Waals surface area contributed by atoms with Gasteiger partial charge in [-0.2, -0.15) is 13.8 Å². The molecule has 8 nitrogen and oxygen atoms in total. The molecule has 0 fully saturated rings. The number of ether oxygens (including phenoxy) is 1. The fraction of sp³-hybridized carbons (Fsp3) is 0.267. The van der Waals surface area contributed by atoms with Gasteiger partial charge in [-0.15, -0.1) is 0 Å². The SMILES string of the molecule is CONc1cc(C)nc(NC(=O)Nc2ccc(OC(C)(F)F)cc2)n1. The molecule has 0 saturated heterocycles. The number of aryl methyl sites for hydroxylation is 1. The van der Waals surface area contributed by atoms with Crippen LogP contribution in [-0.4, -0.2) is 29.2 Å². The third-order valence-electron chi connectivity index (χ3n) is 2.70. The second-order valence-corrected chi connectivity index (χ2v) is 5.04. The average molecular weight is 353 g/mol. The molecule has 0 aliphatic carbocycles. The largest absolute Gasteiger partial charge is 0.433 e. The molecular weight excluding hydrogens is 336 g/mol. The van der Waals surface area contributed by atoms with Crippen LogP contribution in [0.1, 0.15) is 12.6 Å². The van der Waals surface area contributed by atoms with Gasteiger partial charge in [0, 0.05) is 24.4 Å². The van der Waals surface area contributed by atoms with Crippen molar-refractivity contribution in [2.75, 3.05) is 23.2 Å². The Balaban J connectivity index is 1.98. The number of nitrogens with one attached hydrogen (secondary N) is 3. The molecule has 2 aromatic rings. The molecule has 0 aliphatic heterocycles. The molecule has 134 valence electrons. The number of aromatic nitrogens is 2. The molecule has 2 rings (SSSR count). The first kappa shape index (κ1) is 18.3. The Morgan fingerprint density at radius 2 is 1.84 bits per heavy atom. The monoisotopic (exact) mass is 353 g/mol. The molecule has 0 bridgehead atoms. The van der Waals surface area contributed by atoms with E-state index >= 15 is 0 Å². The van der Waals surface area contributed by atoms with Gasteiger partial charge in [-0.3, -0.25) is 10.2 Å². The standard InChI is InChI=1S/C15H17F2N5O3/c1-9-8-12(22-24-3)20-13(18-9)21-14(23)19-10-4-6-11(7-5-10)25-15(2,16)17/h4-8H,1-3H3,(H3,18,19,20,21,22,23). The van der Waals surface area contributed by atoms with Gasteiger partial charge in [-0.1, -0.05) is 0 Å². The van der Waals surface area contributed by atoms with Crippen molar-refractivity contribution in [2.24, 2.45) is 0 Å². The lowest BCUT2D eigenvalue weighted by Crippen LogP contribution is -2.21. The number of halogens is 2. The maximum Gasteiger partial charge on any atom is 0.394 e. The summed E-state index contributed by atoms with van der Waals surface area (Å²) in [5.41, 5.74) is 3.54. The molecule has 25 heavy (non-hydrogen) atoms. The Hall–Kier alpha value is -3.01. The molecule has 0 saturated carbocycles. The van der Waals surface area contributed by atoms with E-state index < -0.39 is 12.1 Å². The summed E-state index contributed by atoms with van der Waals surface area (Å²) in [5.74, 6) is 0.436. The number of benzene rings is 1. The lowest BCUT2D eigenvalue weighted by molar-refractivity contribution is -0.158. The zero-order valence-electron chi connectivity index (χ0n) is 13.8. The zero-order valence-corrected chi connectivity index (χ0v) is 13.8. The summed E-state index contributed by atoms with van der Waals surface area (Å²) < 4.78 is 29.9. The smallest absolute Gasteiger partial charge is 0.394 e. The molecule has 0 atom stereocenters. The van der Waals surface area contributed by atoms with Gasteiger partial charge < -0.3 is 10.1 Å². The number of nitrogens with zero attached hydrogens (tertiary/aromatic N) is 2. The normalized spacial score (nSPS) is 10.9. The van der Waals surface area contributed by atoms with E-state index in [0.29, 0.717) is 24.1 Å². The number of hydrogen-bond acceptors (Lipinski definition) is 6. The van der Waals surface area contributed by atoms with Crippen LogP contribution in [0.3, 0.4) is 0 Å². The minimum absolute atomic E-state index is 0.0178. The number of carbonyl (C=O) groups is 1. The summed E-state index contributed by atoms with van der Waals surface area (Å²) in [7, 11) is 1.43. The summed E-state index contributed by atoms with van der Waals surface area (Å²) in [5, 5.41) is 4.99. The van der Waals surface area contributed by atoms with Crippen LogP contribution in [0, 0.1) is 6.92 Å². The highest BCUT2D eigenvalue weighted by atomic mass is 19.3. The predicted octanol–water partition coefficient (Wildman–Crippen LogP) is 3.39. The van der Waals surface area contributed by atoms with Crippen molar-refractivity contribution in [1.82, 2.24) is 9.97 Å². The van der Waals surface area contributed by atoms with Gasteiger partial charge in [0.1, 0.15) is 5.75 Å². The summed E-state index contributed by atoms with van der Waals surface area (Å²) in [6, 6.07) is 6.52. The number of rotatable bonds is 6. The van der Waals surface area contributed by atoms with E-state index in [1.54, 1.807) is 13.0 Å². The van der Waals surface area contributed by atoms with Crippen LogP contribution < -0.4 is 20.9 Å². The maximum absolute atomic E-state index is 12.8. The highest BCUT2D eigenvalue weighted by Gasteiger charge is 2.22. The van der Waals surface area contributed by atoms with Crippen LogP contribution >= 0.6 is 0 Å². The summed E-state index contributed by atoms with van der Waals surface area (Å²) in [4.78, 5) is 24.8. The lowest BCUT2D eigenvalue weighted by atomic mass is 10.3. The zero-order chi connectivity index (χ0) is 18.4. The Morgan fingerprint density at radius 3 is 2.44 bits per heavy atom. The van der Waals surface area contributed by atoms with Crippen molar-refractivity contribution in [2.45, 2.75) is 20.0 Å². The molecule has 10 heteroatoms. The van der Waals surface area contributed by atoms with Crippen molar-refractivity contribution >= 4 is 23.5 Å².